The van der Waals surface area contributed by atoms with Gasteiger partial charge < -0.3 is 0 Å². The predicted molar refractivity (Wildman–Crippen MR) is 57.2 cm³/mol. The maximum Gasteiger partial charge on any atom is 0.413 e. The van der Waals surface area contributed by atoms with Gasteiger partial charge in [-0.2, -0.15) is 13.2 Å². The molecule has 0 aliphatic rings. The van der Waals surface area contributed by atoms with E-state index in [0.29, 0.717) is 12.3 Å². The number of benzene rings is 1. The summed E-state index contributed by atoms with van der Waals surface area (Å²) in [5.74, 6) is 0.655. The minimum absolute atomic E-state index is 0.371. The fourth-order valence-electron chi connectivity index (χ4n) is 0.932. The summed E-state index contributed by atoms with van der Waals surface area (Å²) >= 11 is 1.55. The van der Waals surface area contributed by atoms with Gasteiger partial charge in [-0.05, 0) is 12.1 Å². The van der Waals surface area contributed by atoms with Crippen LogP contribution in [-0.2, 0) is 4.84 Å². The fourth-order valence-corrected chi connectivity index (χ4v) is 1.70. The van der Waals surface area contributed by atoms with Gasteiger partial charge in [0.15, 0.2) is 6.61 Å². The number of rotatable bonds is 6. The molecular weight excluding hydrogens is 239 g/mol. The van der Waals surface area contributed by atoms with E-state index >= 15 is 0 Å². The third-order valence-corrected chi connectivity index (χ3v) is 2.57. The van der Waals surface area contributed by atoms with Crippen molar-refractivity contribution in [3.8, 4) is 0 Å². The summed E-state index contributed by atoms with van der Waals surface area (Å²) in [5.41, 5.74) is 2.27. The molecule has 2 nitrogen and oxygen atoms in total. The topological polar surface area (TPSA) is 21.3 Å². The average molecular weight is 251 g/mol. The van der Waals surface area contributed by atoms with E-state index in [1.807, 2.05) is 30.3 Å². The minimum atomic E-state index is -4.28. The van der Waals surface area contributed by atoms with Gasteiger partial charge in [0.05, 0.1) is 0 Å². The SMILES string of the molecule is FC(F)(F)CONCCSc1ccccc1. The van der Waals surface area contributed by atoms with Crippen molar-refractivity contribution in [3.63, 3.8) is 0 Å². The van der Waals surface area contributed by atoms with Crippen LogP contribution in [0.5, 0.6) is 0 Å². The highest BCUT2D eigenvalue weighted by Gasteiger charge is 2.27. The van der Waals surface area contributed by atoms with Crippen LogP contribution in [0.15, 0.2) is 35.2 Å². The number of nitrogens with one attached hydrogen (secondary N) is 1. The first-order chi connectivity index (χ1) is 7.58. The Balaban J connectivity index is 2.01. The Hall–Kier alpha value is -0.720. The molecule has 0 saturated carbocycles. The lowest BCUT2D eigenvalue weighted by molar-refractivity contribution is -0.188. The Kier molecular flexibility index (Phi) is 5.65. The molecule has 1 N–H and O–H groups in total. The van der Waals surface area contributed by atoms with Crippen LogP contribution in [0, 0.1) is 0 Å². The van der Waals surface area contributed by atoms with Gasteiger partial charge in [0.2, 0.25) is 0 Å². The Bertz CT molecular complexity index is 292. The van der Waals surface area contributed by atoms with E-state index in [0.717, 1.165) is 4.90 Å². The Morgan fingerprint density at radius 3 is 2.50 bits per heavy atom. The summed E-state index contributed by atoms with van der Waals surface area (Å²) in [4.78, 5) is 5.33. The van der Waals surface area contributed by atoms with Crippen LogP contribution >= 0.6 is 11.8 Å². The van der Waals surface area contributed by atoms with Crippen molar-refractivity contribution in [2.24, 2.45) is 0 Å². The zero-order chi connectivity index (χ0) is 11.9. The molecule has 0 amide bonds. The number of hydrogen-bond donors (Lipinski definition) is 1. The molecule has 16 heavy (non-hydrogen) atoms. The maximum absolute atomic E-state index is 11.7. The normalized spacial score (nSPS) is 11.7. The monoisotopic (exact) mass is 251 g/mol. The molecule has 0 aliphatic carbocycles. The molecule has 1 rings (SSSR count). The van der Waals surface area contributed by atoms with E-state index in [1.54, 1.807) is 11.8 Å². The van der Waals surface area contributed by atoms with E-state index in [2.05, 4.69) is 10.3 Å². The lowest BCUT2D eigenvalue weighted by atomic mass is 10.4. The number of thioether (sulfide) groups is 1. The van der Waals surface area contributed by atoms with Crippen molar-refractivity contribution >= 4 is 11.8 Å². The van der Waals surface area contributed by atoms with Crippen LogP contribution in [-0.4, -0.2) is 25.1 Å². The van der Waals surface area contributed by atoms with E-state index in [9.17, 15) is 13.2 Å². The van der Waals surface area contributed by atoms with Crippen molar-refractivity contribution in [2.75, 3.05) is 18.9 Å². The molecular formula is C10H12F3NOS. The zero-order valence-electron chi connectivity index (χ0n) is 8.46. The van der Waals surface area contributed by atoms with Crippen LogP contribution in [0.25, 0.3) is 0 Å². The highest BCUT2D eigenvalue weighted by molar-refractivity contribution is 7.99. The second-order valence-electron chi connectivity index (χ2n) is 2.96. The summed E-state index contributed by atoms with van der Waals surface area (Å²) in [7, 11) is 0. The third kappa shape index (κ3) is 6.71. The van der Waals surface area contributed by atoms with E-state index < -0.39 is 12.8 Å². The fraction of sp³-hybridized carbons (Fsp3) is 0.400. The van der Waals surface area contributed by atoms with Crippen molar-refractivity contribution < 1.29 is 18.0 Å². The van der Waals surface area contributed by atoms with Gasteiger partial charge in [-0.1, -0.05) is 18.2 Å². The first-order valence-corrected chi connectivity index (χ1v) is 5.66. The molecule has 0 unspecified atom stereocenters. The largest absolute Gasteiger partial charge is 0.413 e. The number of hydroxylamine groups is 1. The summed E-state index contributed by atoms with van der Waals surface area (Å²) < 4.78 is 35.0. The molecule has 1 aromatic carbocycles. The van der Waals surface area contributed by atoms with Crippen LogP contribution in [0.3, 0.4) is 0 Å². The summed E-state index contributed by atoms with van der Waals surface area (Å²) in [5, 5.41) is 0. The molecule has 1 aromatic rings. The van der Waals surface area contributed by atoms with Crippen molar-refractivity contribution in [1.82, 2.24) is 5.48 Å². The predicted octanol–water partition coefficient (Wildman–Crippen LogP) is 2.86. The summed E-state index contributed by atoms with van der Waals surface area (Å²) in [6, 6.07) is 9.63. The lowest BCUT2D eigenvalue weighted by Gasteiger charge is -2.08. The Morgan fingerprint density at radius 1 is 1.19 bits per heavy atom. The molecule has 90 valence electrons. The van der Waals surface area contributed by atoms with Crippen molar-refractivity contribution in [2.45, 2.75) is 11.1 Å². The molecule has 0 atom stereocenters. The number of halogens is 3. The van der Waals surface area contributed by atoms with E-state index in [-0.39, 0.29) is 0 Å². The van der Waals surface area contributed by atoms with Crippen molar-refractivity contribution in [3.05, 3.63) is 30.3 Å². The first-order valence-electron chi connectivity index (χ1n) is 4.67. The van der Waals surface area contributed by atoms with Gasteiger partial charge >= 0.3 is 6.18 Å². The molecule has 0 aromatic heterocycles. The van der Waals surface area contributed by atoms with E-state index in [4.69, 9.17) is 0 Å². The van der Waals surface area contributed by atoms with Gasteiger partial charge in [0.25, 0.3) is 0 Å². The quantitative estimate of drug-likeness (QED) is 0.477. The van der Waals surface area contributed by atoms with Gasteiger partial charge in [-0.15, -0.1) is 11.8 Å². The smallest absolute Gasteiger partial charge is 0.292 e. The molecule has 0 aliphatic heterocycles. The standard InChI is InChI=1S/C10H12F3NOS/c11-10(12,13)8-15-14-6-7-16-9-4-2-1-3-5-9/h1-5,14H,6-8H2. The van der Waals surface area contributed by atoms with Crippen molar-refractivity contribution in [1.29, 1.82) is 0 Å². The first kappa shape index (κ1) is 13.3. The van der Waals surface area contributed by atoms with Gasteiger partial charge in [-0.3, -0.25) is 4.84 Å². The molecule has 0 fully saturated rings. The highest BCUT2D eigenvalue weighted by atomic mass is 32.2. The molecule has 0 saturated heterocycles. The molecule has 0 bridgehead atoms. The maximum atomic E-state index is 11.7. The second-order valence-corrected chi connectivity index (χ2v) is 4.13. The van der Waals surface area contributed by atoms with Crippen LogP contribution in [0.4, 0.5) is 13.2 Å². The minimum Gasteiger partial charge on any atom is -0.292 e. The molecule has 0 radical (unpaired) electrons. The zero-order valence-corrected chi connectivity index (χ0v) is 9.27. The average Bonchev–Trinajstić information content (AvgIpc) is 2.23. The van der Waals surface area contributed by atoms with Gasteiger partial charge in [0.1, 0.15) is 0 Å². The lowest BCUT2D eigenvalue weighted by Crippen LogP contribution is -2.26. The van der Waals surface area contributed by atoms with Crippen LogP contribution in [0.1, 0.15) is 0 Å². The summed E-state index contributed by atoms with van der Waals surface area (Å²) in [6.45, 7) is -0.890. The molecule has 0 spiro atoms. The molecule has 6 heteroatoms. The second kappa shape index (κ2) is 6.78. The Labute approximate surface area is 96.1 Å². The van der Waals surface area contributed by atoms with Gasteiger partial charge in [-0.25, -0.2) is 5.48 Å². The molecule has 0 heterocycles. The van der Waals surface area contributed by atoms with Crippen LogP contribution in [0.2, 0.25) is 0 Å². The van der Waals surface area contributed by atoms with Crippen LogP contribution < -0.4 is 5.48 Å². The highest BCUT2D eigenvalue weighted by Crippen LogP contribution is 2.16. The number of hydrogen-bond acceptors (Lipinski definition) is 3. The Morgan fingerprint density at radius 2 is 1.88 bits per heavy atom. The summed E-state index contributed by atoms with van der Waals surface area (Å²) in [6.07, 6.45) is -4.28. The van der Waals surface area contributed by atoms with Gasteiger partial charge in [0, 0.05) is 17.2 Å². The third-order valence-electron chi connectivity index (χ3n) is 1.55. The van der Waals surface area contributed by atoms with E-state index in [1.165, 1.54) is 0 Å². The number of alkyl halides is 3.